The van der Waals surface area contributed by atoms with Crippen LogP contribution in [0.4, 0.5) is 10.1 Å². The molecule has 0 unspecified atom stereocenters. The van der Waals surface area contributed by atoms with E-state index >= 15 is 0 Å². The van der Waals surface area contributed by atoms with E-state index < -0.39 is 0 Å². The van der Waals surface area contributed by atoms with Gasteiger partial charge in [0.2, 0.25) is 0 Å². The highest BCUT2D eigenvalue weighted by Crippen LogP contribution is 2.35. The Morgan fingerprint density at radius 1 is 1.32 bits per heavy atom. The molecule has 0 aliphatic carbocycles. The van der Waals surface area contributed by atoms with Crippen molar-refractivity contribution in [3.05, 3.63) is 41.0 Å². The van der Waals surface area contributed by atoms with Crippen LogP contribution in [0, 0.1) is 17.1 Å². The fraction of sp³-hybridized carbons (Fsp3) is 0.143. The average Bonchev–Trinajstić information content (AvgIpc) is 2.80. The molecule has 0 N–H and O–H groups in total. The van der Waals surface area contributed by atoms with Crippen molar-refractivity contribution in [2.45, 2.75) is 0 Å². The van der Waals surface area contributed by atoms with Gasteiger partial charge in [-0.3, -0.25) is 0 Å². The Morgan fingerprint density at radius 2 is 2.00 bits per heavy atom. The van der Waals surface area contributed by atoms with Crippen LogP contribution in [0.3, 0.4) is 0 Å². The third-order valence-electron chi connectivity index (χ3n) is 2.37. The zero-order valence-electron chi connectivity index (χ0n) is 10.6. The van der Waals surface area contributed by atoms with E-state index in [-0.39, 0.29) is 5.82 Å². The van der Waals surface area contributed by atoms with E-state index in [1.165, 1.54) is 23.5 Å². The highest BCUT2D eigenvalue weighted by atomic mass is 32.1. The molecule has 0 spiro atoms. The minimum atomic E-state index is -0.272. The lowest BCUT2D eigenvalue weighted by atomic mass is 10.2. The molecule has 0 aliphatic heterocycles. The minimum Gasteiger partial charge on any atom is -0.369 e. The molecule has 0 fully saturated rings. The van der Waals surface area contributed by atoms with Crippen LogP contribution < -0.4 is 0 Å². The first kappa shape index (κ1) is 13.2. The van der Waals surface area contributed by atoms with Crippen LogP contribution in [-0.4, -0.2) is 25.3 Å². The van der Waals surface area contributed by atoms with E-state index in [1.807, 2.05) is 20.2 Å². The number of thiophene rings is 1. The Kier molecular flexibility index (Phi) is 3.93. The maximum absolute atomic E-state index is 12.9. The Bertz CT molecular complexity index is 636. The fourth-order valence-corrected chi connectivity index (χ4v) is 2.40. The highest BCUT2D eigenvalue weighted by molar-refractivity contribution is 7.16. The Labute approximate surface area is 115 Å². The van der Waals surface area contributed by atoms with Gasteiger partial charge >= 0.3 is 0 Å². The van der Waals surface area contributed by atoms with Crippen molar-refractivity contribution in [3.8, 4) is 16.5 Å². The van der Waals surface area contributed by atoms with Gasteiger partial charge in [0.15, 0.2) is 0 Å². The largest absolute Gasteiger partial charge is 0.369 e. The summed E-state index contributed by atoms with van der Waals surface area (Å²) in [6, 6.07) is 10.2. The van der Waals surface area contributed by atoms with Crippen LogP contribution >= 0.6 is 11.3 Å². The van der Waals surface area contributed by atoms with Gasteiger partial charge < -0.3 is 4.90 Å². The summed E-state index contributed by atoms with van der Waals surface area (Å²) in [5.41, 5.74) is 1.52. The molecule has 0 saturated heterocycles. The predicted octanol–water partition coefficient (Wildman–Crippen LogP) is 3.65. The van der Waals surface area contributed by atoms with E-state index in [1.54, 1.807) is 23.4 Å². The Morgan fingerprint density at radius 3 is 2.58 bits per heavy atom. The van der Waals surface area contributed by atoms with Crippen molar-refractivity contribution >= 4 is 23.4 Å². The van der Waals surface area contributed by atoms with Crippen molar-refractivity contribution in [2.24, 2.45) is 4.99 Å². The number of rotatable bonds is 3. The summed E-state index contributed by atoms with van der Waals surface area (Å²) in [6.45, 7) is 0. The predicted molar refractivity (Wildman–Crippen MR) is 76.3 cm³/mol. The van der Waals surface area contributed by atoms with E-state index in [0.29, 0.717) is 10.6 Å². The maximum atomic E-state index is 12.9. The first-order valence-corrected chi connectivity index (χ1v) is 6.42. The zero-order chi connectivity index (χ0) is 13.8. The van der Waals surface area contributed by atoms with Crippen LogP contribution in [0.25, 0.3) is 10.4 Å². The minimum absolute atomic E-state index is 0.272. The second kappa shape index (κ2) is 5.63. The Balaban J connectivity index is 2.39. The molecule has 1 heterocycles. The number of aliphatic imine (C=N–C) groups is 1. The quantitative estimate of drug-likeness (QED) is 0.632. The average molecular weight is 273 g/mol. The van der Waals surface area contributed by atoms with E-state index in [9.17, 15) is 4.39 Å². The number of nitrogens with zero attached hydrogens (tertiary/aromatic N) is 3. The summed E-state index contributed by atoms with van der Waals surface area (Å²) >= 11 is 1.35. The van der Waals surface area contributed by atoms with Crippen LogP contribution in [0.5, 0.6) is 0 Å². The second-order valence-corrected chi connectivity index (χ2v) is 5.20. The van der Waals surface area contributed by atoms with Gasteiger partial charge in [-0.2, -0.15) is 5.26 Å². The monoisotopic (exact) mass is 273 g/mol. The molecule has 0 amide bonds. The standard InChI is InChI=1S/C14H12FN3S/c1-18(2)9-17-12-7-13(19-14(12)8-16)10-3-5-11(15)6-4-10/h3-7,9H,1-2H3. The molecule has 0 saturated carbocycles. The summed E-state index contributed by atoms with van der Waals surface area (Å²) in [7, 11) is 3.73. The topological polar surface area (TPSA) is 39.4 Å². The molecule has 0 radical (unpaired) electrons. The second-order valence-electron chi connectivity index (χ2n) is 4.15. The van der Waals surface area contributed by atoms with Gasteiger partial charge in [0, 0.05) is 19.0 Å². The third kappa shape index (κ3) is 3.18. The van der Waals surface area contributed by atoms with Gasteiger partial charge in [0.1, 0.15) is 16.8 Å². The number of hydrogen-bond acceptors (Lipinski definition) is 3. The van der Waals surface area contributed by atoms with Gasteiger partial charge in [0.25, 0.3) is 0 Å². The van der Waals surface area contributed by atoms with Crippen LogP contribution in [-0.2, 0) is 0 Å². The highest BCUT2D eigenvalue weighted by Gasteiger charge is 2.09. The number of hydrogen-bond donors (Lipinski definition) is 0. The molecule has 0 aliphatic rings. The molecule has 19 heavy (non-hydrogen) atoms. The van der Waals surface area contributed by atoms with E-state index in [2.05, 4.69) is 11.1 Å². The first-order valence-electron chi connectivity index (χ1n) is 5.60. The fourth-order valence-electron chi connectivity index (χ4n) is 1.49. The molecule has 0 atom stereocenters. The number of halogens is 1. The lowest BCUT2D eigenvalue weighted by Gasteiger charge is -2.00. The molecule has 3 nitrogen and oxygen atoms in total. The summed E-state index contributed by atoms with van der Waals surface area (Å²) < 4.78 is 12.9. The molecular formula is C14H12FN3S. The van der Waals surface area contributed by atoms with Crippen LogP contribution in [0.2, 0.25) is 0 Å². The smallest absolute Gasteiger partial charge is 0.131 e. The van der Waals surface area contributed by atoms with Crippen molar-refractivity contribution in [2.75, 3.05) is 14.1 Å². The third-order valence-corrected chi connectivity index (χ3v) is 3.45. The number of nitriles is 1. The summed E-state index contributed by atoms with van der Waals surface area (Å²) in [6.07, 6.45) is 1.65. The van der Waals surface area contributed by atoms with Crippen LogP contribution in [0.1, 0.15) is 4.88 Å². The molecule has 1 aromatic heterocycles. The van der Waals surface area contributed by atoms with Crippen molar-refractivity contribution < 1.29 is 4.39 Å². The summed E-state index contributed by atoms with van der Waals surface area (Å²) in [5, 5.41) is 9.10. The van der Waals surface area contributed by atoms with Gasteiger partial charge in [0.05, 0.1) is 12.0 Å². The van der Waals surface area contributed by atoms with E-state index in [4.69, 9.17) is 5.26 Å². The molecular weight excluding hydrogens is 261 g/mol. The summed E-state index contributed by atoms with van der Waals surface area (Å²) in [5.74, 6) is -0.272. The summed E-state index contributed by atoms with van der Waals surface area (Å²) in [4.78, 5) is 7.52. The SMILES string of the molecule is CN(C)C=Nc1cc(-c2ccc(F)cc2)sc1C#N. The molecule has 0 bridgehead atoms. The first-order chi connectivity index (χ1) is 9.10. The van der Waals surface area contributed by atoms with Crippen molar-refractivity contribution in [3.63, 3.8) is 0 Å². The van der Waals surface area contributed by atoms with Crippen LogP contribution in [0.15, 0.2) is 35.3 Å². The van der Waals surface area contributed by atoms with Gasteiger partial charge in [-0.15, -0.1) is 11.3 Å². The lowest BCUT2D eigenvalue weighted by Crippen LogP contribution is -2.06. The zero-order valence-corrected chi connectivity index (χ0v) is 11.4. The Hall–Kier alpha value is -2.19. The molecule has 2 rings (SSSR count). The van der Waals surface area contributed by atoms with Gasteiger partial charge in [-0.05, 0) is 23.8 Å². The van der Waals surface area contributed by atoms with Gasteiger partial charge in [-0.1, -0.05) is 12.1 Å². The molecule has 2 aromatic rings. The molecule has 1 aromatic carbocycles. The normalized spacial score (nSPS) is 10.6. The van der Waals surface area contributed by atoms with E-state index in [0.717, 1.165) is 10.4 Å². The molecule has 5 heteroatoms. The number of benzene rings is 1. The lowest BCUT2D eigenvalue weighted by molar-refractivity contribution is 0.628. The van der Waals surface area contributed by atoms with Crippen molar-refractivity contribution in [1.29, 1.82) is 5.26 Å². The maximum Gasteiger partial charge on any atom is 0.131 e. The van der Waals surface area contributed by atoms with Crippen molar-refractivity contribution in [1.82, 2.24) is 4.90 Å². The molecule has 96 valence electrons. The van der Waals surface area contributed by atoms with Gasteiger partial charge in [-0.25, -0.2) is 9.38 Å².